The number of nitrogens with zero attached hydrogens (tertiary/aromatic N) is 14. The summed E-state index contributed by atoms with van der Waals surface area (Å²) in [5.74, 6) is 4.88. The number of nitrogens with one attached hydrogen (secondary N) is 2. The highest BCUT2D eigenvalue weighted by atomic mass is 16.5. The molecule has 2 N–H and O–H groups in total. The van der Waals surface area contributed by atoms with E-state index in [0.29, 0.717) is 45.9 Å². The van der Waals surface area contributed by atoms with Gasteiger partial charge in [0.05, 0.1) is 169 Å². The first-order valence-electron chi connectivity index (χ1n) is 30.9. The number of aromatic nitrogens is 8. The van der Waals surface area contributed by atoms with Gasteiger partial charge in [-0.15, -0.1) is 0 Å². The maximum atomic E-state index is 7.00. The van der Waals surface area contributed by atoms with Crippen LogP contribution in [0.2, 0.25) is 0 Å². The Balaban J connectivity index is 1.33. The molecule has 8 bridgehead atoms. The monoisotopic (exact) mass is 1210 g/mol. The first kappa shape index (κ1) is 65.6. The van der Waals surface area contributed by atoms with Crippen LogP contribution in [0.3, 0.4) is 0 Å². The first-order valence-corrected chi connectivity index (χ1v) is 30.9. The molecule has 7 aromatic rings. The minimum Gasteiger partial charge on any atom is -0.479 e. The maximum absolute atomic E-state index is 7.00. The number of H-pyrrole nitrogens is 2. The van der Waals surface area contributed by atoms with Crippen LogP contribution in [0.4, 0.5) is 0 Å². The van der Waals surface area contributed by atoms with Gasteiger partial charge >= 0.3 is 0 Å². The first-order chi connectivity index (χ1) is 40.4. The van der Waals surface area contributed by atoms with E-state index in [1.807, 2.05) is 24.3 Å². The van der Waals surface area contributed by atoms with E-state index in [9.17, 15) is 0 Å². The highest BCUT2D eigenvalue weighted by Crippen LogP contribution is 2.41. The number of hydrogen-bond acceptors (Lipinski definition) is 10. The van der Waals surface area contributed by atoms with Crippen LogP contribution in [0.15, 0.2) is 72.8 Å². The van der Waals surface area contributed by atoms with Crippen LogP contribution in [0.1, 0.15) is 0 Å². The van der Waals surface area contributed by atoms with Gasteiger partial charge in [0.25, 0.3) is 0 Å². The molecule has 0 spiro atoms. The third-order valence-corrected chi connectivity index (χ3v) is 14.9. The Morgan fingerprint density at radius 1 is 0.261 bits per heavy atom. The van der Waals surface area contributed by atoms with E-state index in [0.717, 1.165) is 155 Å². The predicted octanol–water partition coefficient (Wildman–Crippen LogP) is 7.51. The van der Waals surface area contributed by atoms with E-state index < -0.39 is 0 Å². The summed E-state index contributed by atoms with van der Waals surface area (Å²) in [6, 6.07) is 24.8. The molecule has 0 radical (unpaired) electrons. The summed E-state index contributed by atoms with van der Waals surface area (Å²) in [6.07, 6.45) is -0.320. The van der Waals surface area contributed by atoms with Crippen LogP contribution in [-0.2, 0) is 0 Å². The van der Waals surface area contributed by atoms with Gasteiger partial charge in [0, 0.05) is 43.8 Å². The Bertz CT molecular complexity index is 3540. The Morgan fingerprint density at radius 2 is 0.477 bits per heavy atom. The zero-order chi connectivity index (χ0) is 64.5. The lowest BCUT2D eigenvalue weighted by Crippen LogP contribution is -2.51. The van der Waals surface area contributed by atoms with Gasteiger partial charge in [0.15, 0.2) is 47.7 Å². The van der Waals surface area contributed by atoms with Crippen molar-refractivity contribution in [3.8, 4) is 68.5 Å². The van der Waals surface area contributed by atoms with Crippen molar-refractivity contribution >= 4 is 44.1 Å². The molecule has 0 amide bonds. The number of fused-ring (bicyclic) bond motifs is 20. The summed E-state index contributed by atoms with van der Waals surface area (Å²) in [7, 11) is 53.0. The highest BCUT2D eigenvalue weighted by Gasteiger charge is 2.33. The lowest BCUT2D eigenvalue weighted by atomic mass is 10.1. The van der Waals surface area contributed by atoms with E-state index in [1.54, 1.807) is 0 Å². The van der Waals surface area contributed by atoms with Gasteiger partial charge in [-0.25, -0.2) is 29.9 Å². The van der Waals surface area contributed by atoms with E-state index in [4.69, 9.17) is 48.9 Å². The van der Waals surface area contributed by atoms with E-state index in [2.05, 4.69) is 228 Å². The number of ether oxygens (including phenoxy) is 4. The minimum absolute atomic E-state index is 0.0789. The Kier molecular flexibility index (Phi) is 17.7. The molecule has 20 nitrogen and oxygen atoms in total. The minimum atomic E-state index is -0.0809. The molecule has 4 aromatic carbocycles. The number of likely N-dealkylation sites (N-methyl/N-ethyl adjacent to an activating group) is 8. The quantitative estimate of drug-likeness (QED) is 0.0584. The van der Waals surface area contributed by atoms with Crippen LogP contribution in [0.5, 0.6) is 23.0 Å². The molecule has 5 heterocycles. The van der Waals surface area contributed by atoms with Crippen LogP contribution in [0, 0.1) is 0 Å². The van der Waals surface area contributed by atoms with Gasteiger partial charge in [-0.2, -0.15) is 0 Å². The van der Waals surface area contributed by atoms with Crippen molar-refractivity contribution in [2.45, 2.75) is 24.4 Å². The Labute approximate surface area is 523 Å². The summed E-state index contributed by atoms with van der Waals surface area (Å²) >= 11 is 0. The molecule has 88 heavy (non-hydrogen) atoms. The fraction of sp³-hybridized carbons (Fsp3) is 0.529. The van der Waals surface area contributed by atoms with Crippen LogP contribution in [-0.4, -0.2) is 322 Å². The summed E-state index contributed by atoms with van der Waals surface area (Å²) in [5, 5.41) is 3.33. The topological polar surface area (TPSA) is 146 Å². The van der Waals surface area contributed by atoms with Crippen molar-refractivity contribution in [3.63, 3.8) is 0 Å². The fourth-order valence-corrected chi connectivity index (χ4v) is 12.2. The third kappa shape index (κ3) is 17.7. The summed E-state index contributed by atoms with van der Waals surface area (Å²) in [4.78, 5) is 40.0. The standard InChI is InChI=1S/C68H106N16O4/c1-77(2,3)37-49(38-78(4,5)6)85-45-25-29-53-57(33-45)65-69-61(53)74-66-59-35-47(87-51(41-81(13,14)15)42-82(16,17)18)27-31-55(59)63(71-66)76-68-60-36-48(88-52(43-83(19,20)21)44-84(22,23)24)28-32-56(60)64(72-68)75-67-58-34-46(26-30-54(58)62(70-67)73-65)86-50(39-79(7,8)9)40-80(10,11)12/h25-36,49-52H,37-44H2,1-24H3,(H2,69,70,71,72,73,74,75,76)/q+8. The fourth-order valence-electron chi connectivity index (χ4n) is 12.2. The summed E-state index contributed by atoms with van der Waals surface area (Å²) < 4.78 is 34.0. The predicted molar refractivity (Wildman–Crippen MR) is 357 cm³/mol. The largest absolute Gasteiger partial charge is 0.479 e. The number of rotatable bonds is 24. The zero-order valence-electron chi connectivity index (χ0n) is 57.8. The van der Waals surface area contributed by atoms with Gasteiger partial charge in [-0.1, -0.05) is 0 Å². The smallest absolute Gasteiger partial charge is 0.196 e. The zero-order valence-corrected chi connectivity index (χ0v) is 57.8. The van der Waals surface area contributed by atoms with Gasteiger partial charge in [0.1, 0.15) is 97.9 Å². The van der Waals surface area contributed by atoms with E-state index in [-0.39, 0.29) is 24.4 Å². The van der Waals surface area contributed by atoms with Crippen LogP contribution >= 0.6 is 0 Å². The molecule has 2 aliphatic heterocycles. The van der Waals surface area contributed by atoms with Crippen LogP contribution < -0.4 is 18.9 Å². The molecule has 0 saturated heterocycles. The molecule has 0 fully saturated rings. The lowest BCUT2D eigenvalue weighted by Gasteiger charge is -2.33. The summed E-state index contributed by atoms with van der Waals surface area (Å²) in [6.45, 7) is 6.49. The average Bonchev–Trinajstić information content (AvgIpc) is 1.78. The van der Waals surface area contributed by atoms with Crippen LogP contribution in [0.25, 0.3) is 89.7 Å². The van der Waals surface area contributed by atoms with Crippen molar-refractivity contribution in [1.29, 1.82) is 0 Å². The molecule has 0 unspecified atom stereocenters. The van der Waals surface area contributed by atoms with Crippen molar-refractivity contribution in [3.05, 3.63) is 72.8 Å². The molecule has 0 saturated carbocycles. The molecule has 2 aliphatic rings. The third-order valence-electron chi connectivity index (χ3n) is 14.9. The van der Waals surface area contributed by atoms with E-state index in [1.165, 1.54) is 0 Å². The molecule has 20 heteroatoms. The molecular formula is C68H106N16O4+8. The van der Waals surface area contributed by atoms with Crippen molar-refractivity contribution in [2.75, 3.05) is 222 Å². The number of aromatic amines is 2. The Hall–Kier alpha value is -6.88. The highest BCUT2D eigenvalue weighted by molar-refractivity contribution is 6.07. The second kappa shape index (κ2) is 23.8. The van der Waals surface area contributed by atoms with E-state index >= 15 is 0 Å². The molecule has 0 atom stereocenters. The maximum Gasteiger partial charge on any atom is 0.196 e. The molecule has 9 rings (SSSR count). The van der Waals surface area contributed by atoms with Gasteiger partial charge in [-0.05, 0) is 72.8 Å². The van der Waals surface area contributed by atoms with Gasteiger partial charge < -0.3 is 64.8 Å². The molecule has 0 aliphatic carbocycles. The van der Waals surface area contributed by atoms with Crippen molar-refractivity contribution < 1.29 is 54.8 Å². The lowest BCUT2D eigenvalue weighted by molar-refractivity contribution is -0.894. The average molecular weight is 1210 g/mol. The second-order valence-electron chi connectivity index (χ2n) is 33.2. The summed E-state index contributed by atoms with van der Waals surface area (Å²) in [5.41, 5.74) is 5.52. The van der Waals surface area contributed by atoms with Crippen molar-refractivity contribution in [2.24, 2.45) is 0 Å². The SMILES string of the molecule is C[N+](C)(C)CC(C[N+](C)(C)C)Oc1ccc2c(c1)-c1nc-2nc2[nH]c(nc3nc(nc4[nH]c(n1)c1ccc(OC(C[N+](C)(C)C)C[N+](C)(C)C)cc41)-c1ccc(OC(C[N+](C)(C)C)C[N+](C)(C)C)cc1-3)c1ccc(OC(C[N+](C)(C)C)C[N+](C)(C)C)cc21. The Morgan fingerprint density at radius 3 is 0.727 bits per heavy atom. The second-order valence-corrected chi connectivity index (χ2v) is 33.2. The van der Waals surface area contributed by atoms with Crippen molar-refractivity contribution in [1.82, 2.24) is 39.9 Å². The van der Waals surface area contributed by atoms with Gasteiger partial charge in [0.2, 0.25) is 0 Å². The number of quaternary nitrogens is 8. The number of benzene rings is 4. The molecule has 3 aromatic heterocycles. The van der Waals surface area contributed by atoms with Gasteiger partial charge in [-0.3, -0.25) is 0 Å². The number of hydrogen-bond donors (Lipinski definition) is 2. The molecular weight excluding hydrogens is 1100 g/mol. The molecule has 474 valence electrons. The normalized spacial score (nSPS) is 13.8.